The van der Waals surface area contributed by atoms with E-state index in [0.717, 1.165) is 96.3 Å². The Kier molecular flexibility index (Phi) is 7.53. The lowest BCUT2D eigenvalue weighted by molar-refractivity contribution is -0.144. The largest absolute Gasteiger partial charge is 0.488 e. The van der Waals surface area contributed by atoms with Gasteiger partial charge in [0.2, 0.25) is 0 Å². The molecule has 2 aliphatic heterocycles. The second kappa shape index (κ2) is 11.2. The molecule has 0 radical (unpaired) electrons. The summed E-state index contributed by atoms with van der Waals surface area (Å²) in [6, 6.07) is 12.1. The molecule has 3 atom stereocenters. The fraction of sp³-hybridized carbons (Fsp3) is 0.469. The Morgan fingerprint density at radius 2 is 1.77 bits per heavy atom. The zero-order valence-electron chi connectivity index (χ0n) is 23.3. The Balaban J connectivity index is 1.17. The maximum Gasteiger partial charge on any atom is 0.307 e. The summed E-state index contributed by atoms with van der Waals surface area (Å²) in [6.45, 7) is 7.70. The molecular weight excluding hydrogens is 522 g/mol. The summed E-state index contributed by atoms with van der Waals surface area (Å²) >= 11 is 1.62. The van der Waals surface area contributed by atoms with Crippen LogP contribution in [0.4, 0.5) is 5.13 Å². The summed E-state index contributed by atoms with van der Waals surface area (Å²) in [5.41, 5.74) is 5.73. The van der Waals surface area contributed by atoms with Gasteiger partial charge < -0.3 is 19.6 Å². The number of rotatable bonds is 7. The Hall–Kier alpha value is -3.39. The summed E-state index contributed by atoms with van der Waals surface area (Å²) in [5, 5.41) is 12.7. The number of anilines is 1. The predicted molar refractivity (Wildman–Crippen MR) is 157 cm³/mol. The molecule has 210 valence electrons. The number of hydrogen-bond donors (Lipinski definition) is 1. The van der Waals surface area contributed by atoms with Gasteiger partial charge >= 0.3 is 5.97 Å². The van der Waals surface area contributed by atoms with Crippen molar-refractivity contribution in [2.24, 2.45) is 17.8 Å². The van der Waals surface area contributed by atoms with Gasteiger partial charge in [-0.25, -0.2) is 4.98 Å². The number of piperidine rings is 2. The van der Waals surface area contributed by atoms with Gasteiger partial charge in [-0.05, 0) is 92.7 Å². The average Bonchev–Trinajstić information content (AvgIpc) is 3.55. The van der Waals surface area contributed by atoms with Crippen molar-refractivity contribution in [3.05, 3.63) is 64.0 Å². The normalized spacial score (nSPS) is 22.4. The fourth-order valence-corrected chi connectivity index (χ4v) is 7.63. The zero-order valence-corrected chi connectivity index (χ0v) is 24.1. The number of carbonyl (C=O) groups is 2. The van der Waals surface area contributed by atoms with Crippen LogP contribution in [-0.2, 0) is 11.4 Å². The van der Waals surface area contributed by atoms with Crippen molar-refractivity contribution in [2.75, 3.05) is 31.1 Å². The van der Waals surface area contributed by atoms with Gasteiger partial charge in [-0.15, -0.1) is 11.3 Å². The number of benzene rings is 2. The molecular formula is C32H37N3O4S. The smallest absolute Gasteiger partial charge is 0.307 e. The van der Waals surface area contributed by atoms with E-state index in [4.69, 9.17) is 9.72 Å². The summed E-state index contributed by atoms with van der Waals surface area (Å²) in [6.07, 6.45) is 5.34. The third-order valence-corrected chi connectivity index (χ3v) is 9.88. The molecule has 1 saturated carbocycles. The molecule has 2 aromatic carbocycles. The molecule has 2 saturated heterocycles. The van der Waals surface area contributed by atoms with Gasteiger partial charge in [-0.2, -0.15) is 0 Å². The minimum atomic E-state index is -0.646. The van der Waals surface area contributed by atoms with Crippen LogP contribution in [0.25, 0.3) is 11.3 Å². The number of likely N-dealkylation sites (tertiary alicyclic amines) is 1. The summed E-state index contributed by atoms with van der Waals surface area (Å²) in [5.74, 6) is 0.477. The fourth-order valence-electron chi connectivity index (χ4n) is 6.78. The first-order chi connectivity index (χ1) is 19.4. The lowest BCUT2D eigenvalue weighted by atomic mass is 9.85. The van der Waals surface area contributed by atoms with Crippen LogP contribution in [0.3, 0.4) is 0 Å². The van der Waals surface area contributed by atoms with Crippen LogP contribution < -0.4 is 9.64 Å². The Morgan fingerprint density at radius 3 is 2.48 bits per heavy atom. The molecule has 7 nitrogen and oxygen atoms in total. The number of carboxylic acid groups (broad SMARTS) is 1. The van der Waals surface area contributed by atoms with Crippen molar-refractivity contribution >= 4 is 28.3 Å². The van der Waals surface area contributed by atoms with E-state index in [1.165, 1.54) is 6.42 Å². The minimum Gasteiger partial charge on any atom is -0.488 e. The third-order valence-electron chi connectivity index (χ3n) is 8.97. The van der Waals surface area contributed by atoms with Crippen LogP contribution in [0.15, 0.2) is 41.8 Å². The van der Waals surface area contributed by atoms with Gasteiger partial charge in [-0.3, -0.25) is 9.59 Å². The number of nitrogens with zero attached hydrogens (tertiary/aromatic N) is 3. The molecule has 3 aliphatic rings. The SMILES string of the molecule is Cc1cc(C(=O)N2CCCCC2)ccc1COc1c(C)cccc1-c1csc(N2C[C@H]3CC[C@@H](C2)[C@H]3C(=O)O)n1. The number of para-hydroxylation sites is 1. The Bertz CT molecular complexity index is 1400. The van der Waals surface area contributed by atoms with E-state index in [0.29, 0.717) is 6.61 Å². The standard InChI is InChI=1S/C32H37N3O4S/c1-20-7-6-8-26(27-19-40-32(33-27)35-16-23-10-11-24(17-35)28(23)31(37)38)29(20)39-18-25-12-9-22(15-21(25)2)30(36)34-13-4-3-5-14-34/h6-9,12,15,19,23-24,28H,3-5,10-11,13-14,16-18H2,1-2H3,(H,37,38)/t23-,24+,28+. The molecule has 0 unspecified atom stereocenters. The van der Waals surface area contributed by atoms with Crippen molar-refractivity contribution in [3.8, 4) is 17.0 Å². The van der Waals surface area contributed by atoms with Gasteiger partial charge in [0.25, 0.3) is 5.91 Å². The van der Waals surface area contributed by atoms with Crippen LogP contribution in [0, 0.1) is 31.6 Å². The number of thiazole rings is 1. The summed E-state index contributed by atoms with van der Waals surface area (Å²) < 4.78 is 6.44. The van der Waals surface area contributed by atoms with E-state index in [1.807, 2.05) is 49.1 Å². The average molecular weight is 560 g/mol. The van der Waals surface area contributed by atoms with Crippen molar-refractivity contribution < 1.29 is 19.4 Å². The minimum absolute atomic E-state index is 0.121. The molecule has 1 N–H and O–H groups in total. The molecule has 6 rings (SSSR count). The molecule has 2 bridgehead atoms. The lowest BCUT2D eigenvalue weighted by Crippen LogP contribution is -2.44. The topological polar surface area (TPSA) is 83.0 Å². The molecule has 0 spiro atoms. The molecule has 3 aromatic rings. The van der Waals surface area contributed by atoms with Crippen LogP contribution >= 0.6 is 11.3 Å². The molecule has 40 heavy (non-hydrogen) atoms. The number of fused-ring (bicyclic) bond motifs is 2. The van der Waals surface area contributed by atoms with Gasteiger partial charge in [0.1, 0.15) is 12.4 Å². The number of carbonyl (C=O) groups excluding carboxylic acids is 1. The molecule has 3 fully saturated rings. The number of ether oxygens (including phenoxy) is 1. The Morgan fingerprint density at radius 1 is 1.02 bits per heavy atom. The van der Waals surface area contributed by atoms with Gasteiger partial charge in [0.15, 0.2) is 5.13 Å². The van der Waals surface area contributed by atoms with Crippen molar-refractivity contribution in [1.82, 2.24) is 9.88 Å². The first-order valence-corrected chi connectivity index (χ1v) is 15.3. The third kappa shape index (κ3) is 5.21. The summed E-state index contributed by atoms with van der Waals surface area (Å²) in [7, 11) is 0. The monoisotopic (exact) mass is 559 g/mol. The van der Waals surface area contributed by atoms with Crippen molar-refractivity contribution in [3.63, 3.8) is 0 Å². The van der Waals surface area contributed by atoms with E-state index < -0.39 is 5.97 Å². The van der Waals surface area contributed by atoms with E-state index in [-0.39, 0.29) is 23.7 Å². The molecule has 1 aromatic heterocycles. The first-order valence-electron chi connectivity index (χ1n) is 14.4. The van der Waals surface area contributed by atoms with Gasteiger partial charge in [-0.1, -0.05) is 18.2 Å². The zero-order chi connectivity index (χ0) is 27.8. The highest BCUT2D eigenvalue weighted by Crippen LogP contribution is 2.44. The van der Waals surface area contributed by atoms with Crippen molar-refractivity contribution in [1.29, 1.82) is 0 Å². The van der Waals surface area contributed by atoms with Crippen LogP contribution in [0.2, 0.25) is 0 Å². The molecule has 3 heterocycles. The number of amides is 1. The van der Waals surface area contributed by atoms with Crippen molar-refractivity contribution in [2.45, 2.75) is 52.6 Å². The number of carboxylic acids is 1. The van der Waals surface area contributed by atoms with E-state index in [1.54, 1.807) is 11.3 Å². The molecule has 8 heteroatoms. The van der Waals surface area contributed by atoms with E-state index >= 15 is 0 Å². The Labute approximate surface area is 239 Å². The maximum absolute atomic E-state index is 12.9. The maximum atomic E-state index is 12.9. The molecule has 1 amide bonds. The van der Waals surface area contributed by atoms with Crippen LogP contribution in [0.1, 0.15) is 59.2 Å². The second-order valence-electron chi connectivity index (χ2n) is 11.6. The second-order valence-corrected chi connectivity index (χ2v) is 12.5. The van der Waals surface area contributed by atoms with Gasteiger partial charge in [0, 0.05) is 42.7 Å². The predicted octanol–water partition coefficient (Wildman–Crippen LogP) is 6.18. The number of hydrogen-bond acceptors (Lipinski definition) is 6. The lowest BCUT2D eigenvalue weighted by Gasteiger charge is -2.35. The number of aromatic nitrogens is 1. The summed E-state index contributed by atoms with van der Waals surface area (Å²) in [4.78, 5) is 33.9. The highest BCUT2D eigenvalue weighted by Gasteiger charge is 2.46. The highest BCUT2D eigenvalue weighted by atomic mass is 32.1. The van der Waals surface area contributed by atoms with Gasteiger partial charge in [0.05, 0.1) is 11.6 Å². The van der Waals surface area contributed by atoms with Crippen LogP contribution in [-0.4, -0.2) is 53.0 Å². The quantitative estimate of drug-likeness (QED) is 0.372. The van der Waals surface area contributed by atoms with Crippen LogP contribution in [0.5, 0.6) is 5.75 Å². The number of aryl methyl sites for hydroxylation is 2. The first kappa shape index (κ1) is 26.8. The number of aliphatic carboxylic acids is 1. The van der Waals surface area contributed by atoms with E-state index in [2.05, 4.69) is 16.3 Å². The molecule has 1 aliphatic carbocycles. The highest BCUT2D eigenvalue weighted by molar-refractivity contribution is 7.14. The van der Waals surface area contributed by atoms with E-state index in [9.17, 15) is 14.7 Å².